The Morgan fingerprint density at radius 3 is 2.45 bits per heavy atom. The van der Waals surface area contributed by atoms with E-state index in [1.54, 1.807) is 25.4 Å². The maximum Gasteiger partial charge on any atom is 0.248 e. The molecule has 0 saturated carbocycles. The van der Waals surface area contributed by atoms with Crippen LogP contribution in [0.5, 0.6) is 0 Å². The highest BCUT2D eigenvalue weighted by molar-refractivity contribution is 5.92. The summed E-state index contributed by atoms with van der Waals surface area (Å²) >= 11 is 0. The smallest absolute Gasteiger partial charge is 0.248 e. The van der Waals surface area contributed by atoms with Crippen LogP contribution in [-0.4, -0.2) is 23.9 Å². The second-order valence-corrected chi connectivity index (χ2v) is 4.66. The van der Waals surface area contributed by atoms with E-state index in [4.69, 9.17) is 5.73 Å². The summed E-state index contributed by atoms with van der Waals surface area (Å²) in [6.45, 7) is 1.20. The molecule has 0 aliphatic carbocycles. The van der Waals surface area contributed by atoms with Gasteiger partial charge in [0.15, 0.2) is 5.96 Å². The van der Waals surface area contributed by atoms with E-state index < -0.39 is 5.91 Å². The first-order valence-electron chi connectivity index (χ1n) is 6.92. The van der Waals surface area contributed by atoms with Gasteiger partial charge >= 0.3 is 0 Å². The van der Waals surface area contributed by atoms with Gasteiger partial charge in [0, 0.05) is 25.4 Å². The van der Waals surface area contributed by atoms with Gasteiger partial charge in [0.1, 0.15) is 0 Å². The van der Waals surface area contributed by atoms with E-state index in [0.717, 1.165) is 11.3 Å². The number of amides is 1. The number of carbonyl (C=O) groups excluding carboxylic acids is 1. The van der Waals surface area contributed by atoms with E-state index in [9.17, 15) is 4.79 Å². The summed E-state index contributed by atoms with van der Waals surface area (Å²) in [5, 5.41) is 6.39. The van der Waals surface area contributed by atoms with Gasteiger partial charge in [0.2, 0.25) is 5.91 Å². The largest absolute Gasteiger partial charge is 0.366 e. The number of benzene rings is 1. The van der Waals surface area contributed by atoms with Gasteiger partial charge in [-0.1, -0.05) is 18.2 Å². The molecule has 0 fully saturated rings. The average Bonchev–Trinajstić information content (AvgIpc) is 2.56. The maximum absolute atomic E-state index is 11.0. The lowest BCUT2D eigenvalue weighted by Gasteiger charge is -2.11. The monoisotopic (exact) mass is 297 g/mol. The molecule has 1 heterocycles. The molecule has 1 aromatic carbocycles. The zero-order valence-corrected chi connectivity index (χ0v) is 12.4. The van der Waals surface area contributed by atoms with Crippen LogP contribution < -0.4 is 16.4 Å². The SMILES string of the molecule is CN=C(NCc1ccc(C(N)=O)cc1)NCc1ccccn1. The number of aromatic nitrogens is 1. The quantitative estimate of drug-likeness (QED) is 0.568. The Kier molecular flexibility index (Phi) is 5.48. The number of carbonyl (C=O) groups is 1. The lowest BCUT2D eigenvalue weighted by atomic mass is 10.1. The Labute approximate surface area is 129 Å². The summed E-state index contributed by atoms with van der Waals surface area (Å²) in [6, 6.07) is 12.9. The molecule has 114 valence electrons. The van der Waals surface area contributed by atoms with Crippen LogP contribution in [0.1, 0.15) is 21.6 Å². The van der Waals surface area contributed by atoms with E-state index in [-0.39, 0.29) is 0 Å². The maximum atomic E-state index is 11.0. The van der Waals surface area contributed by atoms with Crippen molar-refractivity contribution in [2.24, 2.45) is 10.7 Å². The number of nitrogens with one attached hydrogen (secondary N) is 2. The molecule has 6 heteroatoms. The molecule has 0 aliphatic heterocycles. The Morgan fingerprint density at radius 2 is 1.86 bits per heavy atom. The second-order valence-electron chi connectivity index (χ2n) is 4.66. The second kappa shape index (κ2) is 7.78. The predicted octanol–water partition coefficient (Wildman–Crippen LogP) is 1.05. The average molecular weight is 297 g/mol. The number of nitrogens with zero attached hydrogens (tertiary/aromatic N) is 2. The fourth-order valence-electron chi connectivity index (χ4n) is 1.87. The summed E-state index contributed by atoms with van der Waals surface area (Å²) in [5.74, 6) is 0.261. The number of hydrogen-bond donors (Lipinski definition) is 3. The van der Waals surface area contributed by atoms with Crippen molar-refractivity contribution in [3.05, 3.63) is 65.5 Å². The van der Waals surface area contributed by atoms with E-state index >= 15 is 0 Å². The Balaban J connectivity index is 1.84. The number of primary amides is 1. The summed E-state index contributed by atoms with van der Waals surface area (Å²) < 4.78 is 0. The Morgan fingerprint density at radius 1 is 1.14 bits per heavy atom. The summed E-state index contributed by atoms with van der Waals surface area (Å²) in [6.07, 6.45) is 1.76. The molecule has 0 unspecified atom stereocenters. The van der Waals surface area contributed by atoms with Crippen LogP contribution in [0.25, 0.3) is 0 Å². The van der Waals surface area contributed by atoms with Crippen LogP contribution in [-0.2, 0) is 13.1 Å². The van der Waals surface area contributed by atoms with Crippen molar-refractivity contribution in [2.75, 3.05) is 7.05 Å². The fraction of sp³-hybridized carbons (Fsp3) is 0.188. The molecule has 0 atom stereocenters. The Bertz CT molecular complexity index is 637. The number of rotatable bonds is 5. The highest BCUT2D eigenvalue weighted by atomic mass is 16.1. The fourth-order valence-corrected chi connectivity index (χ4v) is 1.87. The number of hydrogen-bond acceptors (Lipinski definition) is 3. The Hall–Kier alpha value is -2.89. The molecule has 0 aliphatic rings. The molecule has 2 aromatic rings. The summed E-state index contributed by atoms with van der Waals surface area (Å²) in [4.78, 5) is 19.4. The highest BCUT2D eigenvalue weighted by Crippen LogP contribution is 2.03. The topological polar surface area (TPSA) is 92.4 Å². The van der Waals surface area contributed by atoms with E-state index in [2.05, 4.69) is 20.6 Å². The lowest BCUT2D eigenvalue weighted by Crippen LogP contribution is -2.36. The number of nitrogens with two attached hydrogens (primary N) is 1. The van der Waals surface area contributed by atoms with Crippen LogP contribution in [0, 0.1) is 0 Å². The van der Waals surface area contributed by atoms with Crippen LogP contribution in [0.3, 0.4) is 0 Å². The molecule has 6 nitrogen and oxygen atoms in total. The molecule has 22 heavy (non-hydrogen) atoms. The third kappa shape index (κ3) is 4.59. The predicted molar refractivity (Wildman–Crippen MR) is 86.2 cm³/mol. The van der Waals surface area contributed by atoms with Gasteiger partial charge in [-0.25, -0.2) is 0 Å². The first-order chi connectivity index (χ1) is 10.7. The lowest BCUT2D eigenvalue weighted by molar-refractivity contribution is 0.100. The van der Waals surface area contributed by atoms with Crippen molar-refractivity contribution < 1.29 is 4.79 Å². The molecular formula is C16H19N5O. The third-order valence-corrected chi connectivity index (χ3v) is 3.09. The zero-order valence-electron chi connectivity index (χ0n) is 12.4. The van der Waals surface area contributed by atoms with Gasteiger partial charge in [-0.05, 0) is 29.8 Å². The molecule has 0 bridgehead atoms. The minimum Gasteiger partial charge on any atom is -0.366 e. The van der Waals surface area contributed by atoms with E-state index in [0.29, 0.717) is 24.6 Å². The highest BCUT2D eigenvalue weighted by Gasteiger charge is 2.02. The van der Waals surface area contributed by atoms with Crippen molar-refractivity contribution in [2.45, 2.75) is 13.1 Å². The van der Waals surface area contributed by atoms with Crippen molar-refractivity contribution in [3.8, 4) is 0 Å². The molecule has 0 spiro atoms. The van der Waals surface area contributed by atoms with Gasteiger partial charge < -0.3 is 16.4 Å². The van der Waals surface area contributed by atoms with Gasteiger partial charge in [0.25, 0.3) is 0 Å². The van der Waals surface area contributed by atoms with Crippen LogP contribution in [0.4, 0.5) is 0 Å². The van der Waals surface area contributed by atoms with Crippen molar-refractivity contribution >= 4 is 11.9 Å². The number of guanidine groups is 1. The minimum atomic E-state index is -0.424. The number of pyridine rings is 1. The van der Waals surface area contributed by atoms with Crippen molar-refractivity contribution in [1.82, 2.24) is 15.6 Å². The standard InChI is InChI=1S/C16H19N5O/c1-18-16(21-11-14-4-2-3-9-19-14)20-10-12-5-7-13(8-6-12)15(17)22/h2-9H,10-11H2,1H3,(H2,17,22)(H2,18,20,21). The van der Waals surface area contributed by atoms with Gasteiger partial charge in [-0.3, -0.25) is 14.8 Å². The summed E-state index contributed by atoms with van der Waals surface area (Å²) in [7, 11) is 1.71. The van der Waals surface area contributed by atoms with Crippen LogP contribution in [0.15, 0.2) is 53.7 Å². The van der Waals surface area contributed by atoms with Gasteiger partial charge in [-0.2, -0.15) is 0 Å². The number of aliphatic imine (C=N–C) groups is 1. The molecule has 4 N–H and O–H groups in total. The van der Waals surface area contributed by atoms with E-state index in [1.807, 2.05) is 30.3 Å². The molecule has 1 amide bonds. The minimum absolute atomic E-state index is 0.424. The van der Waals surface area contributed by atoms with Gasteiger partial charge in [-0.15, -0.1) is 0 Å². The molecule has 1 aromatic heterocycles. The van der Waals surface area contributed by atoms with E-state index in [1.165, 1.54) is 0 Å². The van der Waals surface area contributed by atoms with Gasteiger partial charge in [0.05, 0.1) is 12.2 Å². The van der Waals surface area contributed by atoms with Crippen LogP contribution in [0.2, 0.25) is 0 Å². The van der Waals surface area contributed by atoms with Crippen molar-refractivity contribution in [1.29, 1.82) is 0 Å². The summed E-state index contributed by atoms with van der Waals surface area (Å²) in [5.41, 5.74) is 7.69. The normalized spacial score (nSPS) is 11.0. The van der Waals surface area contributed by atoms with Crippen LogP contribution >= 0.6 is 0 Å². The molecule has 2 rings (SSSR count). The zero-order chi connectivity index (χ0) is 15.8. The molecular weight excluding hydrogens is 278 g/mol. The third-order valence-electron chi connectivity index (χ3n) is 3.09. The first kappa shape index (κ1) is 15.5. The molecule has 0 saturated heterocycles. The molecule has 0 radical (unpaired) electrons. The first-order valence-corrected chi connectivity index (χ1v) is 6.92. The van der Waals surface area contributed by atoms with Crippen molar-refractivity contribution in [3.63, 3.8) is 0 Å².